The van der Waals surface area contributed by atoms with Gasteiger partial charge in [-0.1, -0.05) is 59.8 Å². The van der Waals surface area contributed by atoms with E-state index in [-0.39, 0.29) is 0 Å². The quantitative estimate of drug-likeness (QED) is 0.479. The Bertz CT molecular complexity index is 756. The van der Waals surface area contributed by atoms with Crippen molar-refractivity contribution in [1.82, 2.24) is 9.97 Å². The molecule has 0 aliphatic heterocycles. The molecule has 0 unspecified atom stereocenters. The van der Waals surface area contributed by atoms with Crippen LogP contribution in [0.1, 0.15) is 5.56 Å². The lowest BCUT2D eigenvalue weighted by Crippen LogP contribution is -1.93. The van der Waals surface area contributed by atoms with E-state index in [4.69, 9.17) is 4.98 Å². The fourth-order valence-corrected chi connectivity index (χ4v) is 3.30. The second-order valence-electron chi connectivity index (χ2n) is 4.85. The average Bonchev–Trinajstić information content (AvgIpc) is 2.57. The smallest absolute Gasteiger partial charge is 0.161 e. The Morgan fingerprint density at radius 1 is 0.818 bits per heavy atom. The molecule has 3 rings (SSSR count). The average molecular weight is 324 g/mol. The SMILES string of the molecule is CSc1cc(Sc2ccc(C)cc2)nc(-c2ccccc2)n1. The van der Waals surface area contributed by atoms with E-state index in [1.807, 2.05) is 42.7 Å². The molecule has 2 aromatic carbocycles. The summed E-state index contributed by atoms with van der Waals surface area (Å²) in [5.74, 6) is 0.780. The van der Waals surface area contributed by atoms with Gasteiger partial charge in [0.15, 0.2) is 5.82 Å². The second-order valence-corrected chi connectivity index (χ2v) is 6.77. The lowest BCUT2D eigenvalue weighted by atomic mass is 10.2. The van der Waals surface area contributed by atoms with E-state index in [1.54, 1.807) is 23.5 Å². The van der Waals surface area contributed by atoms with E-state index < -0.39 is 0 Å². The molecule has 0 spiro atoms. The number of aryl methyl sites for hydroxylation is 1. The topological polar surface area (TPSA) is 25.8 Å². The molecule has 4 heteroatoms. The lowest BCUT2D eigenvalue weighted by molar-refractivity contribution is 0.976. The van der Waals surface area contributed by atoms with Gasteiger partial charge in [-0.3, -0.25) is 0 Å². The molecule has 0 saturated heterocycles. The van der Waals surface area contributed by atoms with E-state index in [2.05, 4.69) is 36.2 Å². The lowest BCUT2D eigenvalue weighted by Gasteiger charge is -2.07. The van der Waals surface area contributed by atoms with E-state index in [1.165, 1.54) is 10.5 Å². The number of rotatable bonds is 4. The highest BCUT2D eigenvalue weighted by Gasteiger charge is 2.08. The van der Waals surface area contributed by atoms with Crippen molar-refractivity contribution in [3.8, 4) is 11.4 Å². The summed E-state index contributed by atoms with van der Waals surface area (Å²) < 4.78 is 0. The highest BCUT2D eigenvalue weighted by Crippen LogP contribution is 2.30. The zero-order chi connectivity index (χ0) is 15.4. The minimum atomic E-state index is 0.780. The van der Waals surface area contributed by atoms with Crippen LogP contribution in [0.15, 0.2) is 75.6 Å². The third-order valence-electron chi connectivity index (χ3n) is 3.16. The van der Waals surface area contributed by atoms with Crippen LogP contribution in [0.5, 0.6) is 0 Å². The van der Waals surface area contributed by atoms with Crippen molar-refractivity contribution in [2.24, 2.45) is 0 Å². The minimum Gasteiger partial charge on any atom is -0.222 e. The van der Waals surface area contributed by atoms with Crippen LogP contribution in [-0.2, 0) is 0 Å². The van der Waals surface area contributed by atoms with Crippen molar-refractivity contribution in [1.29, 1.82) is 0 Å². The Labute approximate surface area is 139 Å². The highest BCUT2D eigenvalue weighted by molar-refractivity contribution is 7.99. The van der Waals surface area contributed by atoms with Crippen molar-refractivity contribution in [2.45, 2.75) is 21.9 Å². The third kappa shape index (κ3) is 3.70. The molecule has 0 radical (unpaired) electrons. The van der Waals surface area contributed by atoms with Gasteiger partial charge in [-0.25, -0.2) is 9.97 Å². The van der Waals surface area contributed by atoms with Crippen LogP contribution in [0, 0.1) is 6.92 Å². The molecule has 0 fully saturated rings. The van der Waals surface area contributed by atoms with Crippen LogP contribution in [0.3, 0.4) is 0 Å². The number of nitrogens with zero attached hydrogens (tertiary/aromatic N) is 2. The molecular formula is C18H16N2S2. The summed E-state index contributed by atoms with van der Waals surface area (Å²) in [4.78, 5) is 10.5. The van der Waals surface area contributed by atoms with Gasteiger partial charge in [0.1, 0.15) is 10.1 Å². The van der Waals surface area contributed by atoms with Crippen LogP contribution < -0.4 is 0 Å². The summed E-state index contributed by atoms with van der Waals surface area (Å²) in [5.41, 5.74) is 2.31. The predicted octanol–water partition coefficient (Wildman–Crippen LogP) is 5.33. The molecule has 0 amide bonds. The van der Waals surface area contributed by atoms with Crippen molar-refractivity contribution >= 4 is 23.5 Å². The van der Waals surface area contributed by atoms with Crippen LogP contribution in [0.25, 0.3) is 11.4 Å². The molecular weight excluding hydrogens is 308 g/mol. The standard InChI is InChI=1S/C18H16N2S2/c1-13-8-10-15(11-9-13)22-17-12-16(21-2)19-18(20-17)14-6-4-3-5-7-14/h3-12H,1-2H3. The molecule has 0 bridgehead atoms. The van der Waals surface area contributed by atoms with Crippen LogP contribution in [0.4, 0.5) is 0 Å². The summed E-state index contributed by atoms with van der Waals surface area (Å²) in [7, 11) is 0. The first-order valence-corrected chi connectivity index (χ1v) is 9.02. The van der Waals surface area contributed by atoms with Gasteiger partial charge in [-0.05, 0) is 25.3 Å². The monoisotopic (exact) mass is 324 g/mol. The first-order chi connectivity index (χ1) is 10.7. The van der Waals surface area contributed by atoms with Crippen LogP contribution in [-0.4, -0.2) is 16.2 Å². The number of benzene rings is 2. The molecule has 110 valence electrons. The molecule has 0 atom stereocenters. The van der Waals surface area contributed by atoms with Gasteiger partial charge >= 0.3 is 0 Å². The van der Waals surface area contributed by atoms with Gasteiger partial charge in [0.05, 0.1) is 0 Å². The first-order valence-electron chi connectivity index (χ1n) is 6.97. The third-order valence-corrected chi connectivity index (χ3v) is 4.72. The van der Waals surface area contributed by atoms with E-state index in [0.29, 0.717) is 0 Å². The minimum absolute atomic E-state index is 0.780. The van der Waals surface area contributed by atoms with E-state index in [9.17, 15) is 0 Å². The second kappa shape index (κ2) is 6.99. The van der Waals surface area contributed by atoms with Gasteiger partial charge in [0.25, 0.3) is 0 Å². The fraction of sp³-hybridized carbons (Fsp3) is 0.111. The van der Waals surface area contributed by atoms with Crippen molar-refractivity contribution < 1.29 is 0 Å². The van der Waals surface area contributed by atoms with Gasteiger partial charge in [-0.15, -0.1) is 11.8 Å². The number of hydrogen-bond acceptors (Lipinski definition) is 4. The molecule has 0 N–H and O–H groups in total. The Kier molecular flexibility index (Phi) is 4.80. The maximum absolute atomic E-state index is 4.71. The normalized spacial score (nSPS) is 10.6. The Balaban J connectivity index is 1.95. The summed E-state index contributed by atoms with van der Waals surface area (Å²) in [6, 6.07) is 20.7. The maximum atomic E-state index is 4.71. The Hall–Kier alpha value is -1.78. The van der Waals surface area contributed by atoms with Crippen LogP contribution >= 0.6 is 23.5 Å². The van der Waals surface area contributed by atoms with Crippen LogP contribution in [0.2, 0.25) is 0 Å². The molecule has 3 aromatic rings. The zero-order valence-corrected chi connectivity index (χ0v) is 14.1. The van der Waals surface area contributed by atoms with Gasteiger partial charge in [0, 0.05) is 16.5 Å². The zero-order valence-electron chi connectivity index (χ0n) is 12.5. The van der Waals surface area contributed by atoms with E-state index >= 15 is 0 Å². The van der Waals surface area contributed by atoms with Crippen molar-refractivity contribution in [2.75, 3.05) is 6.26 Å². The van der Waals surface area contributed by atoms with E-state index in [0.717, 1.165) is 21.4 Å². The number of thioether (sulfide) groups is 1. The van der Waals surface area contributed by atoms with Crippen molar-refractivity contribution in [3.63, 3.8) is 0 Å². The van der Waals surface area contributed by atoms with Crippen molar-refractivity contribution in [3.05, 3.63) is 66.2 Å². The molecule has 22 heavy (non-hydrogen) atoms. The highest BCUT2D eigenvalue weighted by atomic mass is 32.2. The fourth-order valence-electron chi connectivity index (χ4n) is 2.00. The predicted molar refractivity (Wildman–Crippen MR) is 94.6 cm³/mol. The molecule has 1 heterocycles. The summed E-state index contributed by atoms with van der Waals surface area (Å²) >= 11 is 3.31. The molecule has 0 aliphatic carbocycles. The van der Waals surface area contributed by atoms with Gasteiger partial charge < -0.3 is 0 Å². The summed E-state index contributed by atoms with van der Waals surface area (Å²) in [6.07, 6.45) is 2.04. The Morgan fingerprint density at radius 2 is 1.50 bits per heavy atom. The number of hydrogen-bond donors (Lipinski definition) is 0. The molecule has 2 nitrogen and oxygen atoms in total. The van der Waals surface area contributed by atoms with Gasteiger partial charge in [-0.2, -0.15) is 0 Å². The Morgan fingerprint density at radius 3 is 2.18 bits per heavy atom. The summed E-state index contributed by atoms with van der Waals surface area (Å²) in [6.45, 7) is 2.10. The number of aromatic nitrogens is 2. The largest absolute Gasteiger partial charge is 0.222 e. The molecule has 0 aliphatic rings. The molecule has 1 aromatic heterocycles. The van der Waals surface area contributed by atoms with Gasteiger partial charge in [0.2, 0.25) is 0 Å². The molecule has 0 saturated carbocycles. The first kappa shape index (κ1) is 15.1. The maximum Gasteiger partial charge on any atom is 0.161 e. The summed E-state index contributed by atoms with van der Waals surface area (Å²) in [5, 5.41) is 1.96.